The molecule has 0 amide bonds. The van der Waals surface area contributed by atoms with E-state index < -0.39 is 10.0 Å². The zero-order chi connectivity index (χ0) is 14.0. The minimum absolute atomic E-state index is 0.0160. The minimum atomic E-state index is -3.38. The molecule has 1 aliphatic rings. The molecule has 1 aromatic carbocycles. The Morgan fingerprint density at radius 1 is 1.32 bits per heavy atom. The predicted octanol–water partition coefficient (Wildman–Crippen LogP) is 2.81. The van der Waals surface area contributed by atoms with E-state index in [1.807, 2.05) is 19.1 Å². The highest BCUT2D eigenvalue weighted by molar-refractivity contribution is 7.89. The monoisotopic (exact) mass is 301 g/mol. The van der Waals surface area contributed by atoms with E-state index in [4.69, 9.17) is 11.6 Å². The van der Waals surface area contributed by atoms with Crippen molar-refractivity contribution in [3.8, 4) is 0 Å². The van der Waals surface area contributed by atoms with Gasteiger partial charge in [-0.1, -0.05) is 6.07 Å². The van der Waals surface area contributed by atoms with Gasteiger partial charge >= 0.3 is 0 Å². The Morgan fingerprint density at radius 3 is 2.68 bits per heavy atom. The van der Waals surface area contributed by atoms with E-state index in [2.05, 4.69) is 0 Å². The predicted molar refractivity (Wildman–Crippen MR) is 78.2 cm³/mol. The summed E-state index contributed by atoms with van der Waals surface area (Å²) in [5.41, 5.74) is 2.47. The molecule has 19 heavy (non-hydrogen) atoms. The summed E-state index contributed by atoms with van der Waals surface area (Å²) in [4.78, 5) is 0.401. The molecule has 0 aromatic heterocycles. The first-order valence-electron chi connectivity index (χ1n) is 6.63. The van der Waals surface area contributed by atoms with E-state index in [-0.39, 0.29) is 5.38 Å². The zero-order valence-corrected chi connectivity index (χ0v) is 13.0. The highest BCUT2D eigenvalue weighted by Crippen LogP contribution is 2.26. The maximum Gasteiger partial charge on any atom is 0.242 e. The summed E-state index contributed by atoms with van der Waals surface area (Å²) in [6.45, 7) is 2.32. The fourth-order valence-electron chi connectivity index (χ4n) is 2.37. The summed E-state index contributed by atoms with van der Waals surface area (Å²) in [7, 11) is -1.77. The molecular weight excluding hydrogens is 282 g/mol. The number of aryl methyl sites for hydroxylation is 2. The van der Waals surface area contributed by atoms with Crippen molar-refractivity contribution >= 4 is 21.6 Å². The van der Waals surface area contributed by atoms with Gasteiger partial charge in [-0.05, 0) is 55.9 Å². The molecule has 0 bridgehead atoms. The Hall–Kier alpha value is -0.580. The Balaban J connectivity index is 2.19. The molecule has 0 heterocycles. The molecule has 1 aliphatic carbocycles. The number of benzene rings is 1. The van der Waals surface area contributed by atoms with Gasteiger partial charge in [-0.15, -0.1) is 11.6 Å². The number of nitrogens with zero attached hydrogens (tertiary/aromatic N) is 1. The van der Waals surface area contributed by atoms with Crippen LogP contribution in [0.15, 0.2) is 23.1 Å². The second kappa shape index (κ2) is 5.81. The Kier molecular flexibility index (Phi) is 4.54. The van der Waals surface area contributed by atoms with Crippen LogP contribution in [0.1, 0.15) is 30.9 Å². The second-order valence-electron chi connectivity index (χ2n) is 5.18. The highest BCUT2D eigenvalue weighted by atomic mass is 35.5. The van der Waals surface area contributed by atoms with E-state index >= 15 is 0 Å². The van der Waals surface area contributed by atoms with Gasteiger partial charge in [-0.3, -0.25) is 0 Å². The summed E-state index contributed by atoms with van der Waals surface area (Å²) in [6.07, 6.45) is 3.83. The summed E-state index contributed by atoms with van der Waals surface area (Å²) >= 11 is 5.87. The third-order valence-electron chi connectivity index (χ3n) is 3.62. The molecule has 1 aromatic rings. The van der Waals surface area contributed by atoms with Crippen LogP contribution in [0.2, 0.25) is 0 Å². The summed E-state index contributed by atoms with van der Waals surface area (Å²) in [5, 5.41) is -0.0160. The lowest BCUT2D eigenvalue weighted by atomic mass is 10.1. The van der Waals surface area contributed by atoms with Crippen molar-refractivity contribution < 1.29 is 8.42 Å². The second-order valence-corrected chi connectivity index (χ2v) is 7.97. The third-order valence-corrected chi connectivity index (χ3v) is 5.69. The molecule has 0 radical (unpaired) electrons. The number of alkyl halides is 1. The Labute approximate surface area is 120 Å². The van der Waals surface area contributed by atoms with E-state index in [1.54, 1.807) is 13.1 Å². The minimum Gasteiger partial charge on any atom is -0.207 e. The van der Waals surface area contributed by atoms with Gasteiger partial charge in [0.2, 0.25) is 10.0 Å². The van der Waals surface area contributed by atoms with Crippen molar-refractivity contribution in [1.82, 2.24) is 4.31 Å². The average molecular weight is 302 g/mol. The molecule has 2 rings (SSSR count). The van der Waals surface area contributed by atoms with Gasteiger partial charge in [0, 0.05) is 19.0 Å². The number of hydrogen-bond acceptors (Lipinski definition) is 2. The van der Waals surface area contributed by atoms with E-state index in [0.29, 0.717) is 17.9 Å². The van der Waals surface area contributed by atoms with E-state index in [0.717, 1.165) is 19.3 Å². The molecule has 0 saturated heterocycles. The highest BCUT2D eigenvalue weighted by Gasteiger charge is 2.22. The first kappa shape index (κ1) is 14.8. The molecule has 3 nitrogen and oxygen atoms in total. The number of halogens is 1. The Morgan fingerprint density at radius 2 is 2.00 bits per heavy atom. The van der Waals surface area contributed by atoms with Crippen molar-refractivity contribution in [1.29, 1.82) is 0 Å². The lowest BCUT2D eigenvalue weighted by Crippen LogP contribution is -2.29. The van der Waals surface area contributed by atoms with Crippen LogP contribution in [-0.2, 0) is 22.9 Å². The van der Waals surface area contributed by atoms with Gasteiger partial charge in [0.1, 0.15) is 0 Å². The van der Waals surface area contributed by atoms with Crippen LogP contribution in [-0.4, -0.2) is 31.7 Å². The first-order chi connectivity index (χ1) is 8.91. The van der Waals surface area contributed by atoms with Crippen LogP contribution < -0.4 is 0 Å². The van der Waals surface area contributed by atoms with Crippen molar-refractivity contribution in [3.63, 3.8) is 0 Å². The number of fused-ring (bicyclic) bond motifs is 1. The van der Waals surface area contributed by atoms with Crippen LogP contribution in [0.5, 0.6) is 0 Å². The van der Waals surface area contributed by atoms with Crippen LogP contribution in [0.4, 0.5) is 0 Å². The average Bonchev–Trinajstić information content (AvgIpc) is 2.82. The number of rotatable bonds is 5. The van der Waals surface area contributed by atoms with Crippen LogP contribution in [0.3, 0.4) is 0 Å². The molecule has 5 heteroatoms. The van der Waals surface area contributed by atoms with Crippen molar-refractivity contribution in [2.75, 3.05) is 13.6 Å². The Bertz CT molecular complexity index is 555. The summed E-state index contributed by atoms with van der Waals surface area (Å²) in [6, 6.07) is 5.51. The fraction of sp³-hybridized carbons (Fsp3) is 0.571. The maximum absolute atomic E-state index is 12.4. The molecule has 1 atom stereocenters. The number of sulfonamides is 1. The molecule has 0 fully saturated rings. The number of hydrogen-bond donors (Lipinski definition) is 0. The van der Waals surface area contributed by atoms with Crippen LogP contribution in [0, 0.1) is 0 Å². The fourth-order valence-corrected chi connectivity index (χ4v) is 3.70. The van der Waals surface area contributed by atoms with Gasteiger partial charge < -0.3 is 0 Å². The normalized spacial score (nSPS) is 16.6. The third kappa shape index (κ3) is 3.30. The van der Waals surface area contributed by atoms with Gasteiger partial charge in [0.25, 0.3) is 0 Å². The first-order valence-corrected chi connectivity index (χ1v) is 8.51. The maximum atomic E-state index is 12.4. The largest absolute Gasteiger partial charge is 0.242 e. The quantitative estimate of drug-likeness (QED) is 0.784. The van der Waals surface area contributed by atoms with Gasteiger partial charge in [0.15, 0.2) is 0 Å². The smallest absolute Gasteiger partial charge is 0.207 e. The molecule has 106 valence electrons. The lowest BCUT2D eigenvalue weighted by Gasteiger charge is -2.18. The van der Waals surface area contributed by atoms with E-state index in [1.165, 1.54) is 15.4 Å². The van der Waals surface area contributed by atoms with Gasteiger partial charge in [-0.2, -0.15) is 0 Å². The van der Waals surface area contributed by atoms with Crippen LogP contribution in [0.25, 0.3) is 0 Å². The summed E-state index contributed by atoms with van der Waals surface area (Å²) in [5.74, 6) is 0. The van der Waals surface area contributed by atoms with Gasteiger partial charge in [-0.25, -0.2) is 12.7 Å². The van der Waals surface area contributed by atoms with Crippen molar-refractivity contribution in [2.45, 2.75) is 42.9 Å². The molecular formula is C14H20ClNO2S. The molecule has 0 aliphatic heterocycles. The van der Waals surface area contributed by atoms with E-state index in [9.17, 15) is 8.42 Å². The molecule has 1 unspecified atom stereocenters. The topological polar surface area (TPSA) is 37.4 Å². The van der Waals surface area contributed by atoms with Crippen LogP contribution >= 0.6 is 11.6 Å². The molecule has 0 N–H and O–H groups in total. The molecule has 0 spiro atoms. The van der Waals surface area contributed by atoms with Crippen molar-refractivity contribution in [2.24, 2.45) is 0 Å². The summed E-state index contributed by atoms with van der Waals surface area (Å²) < 4.78 is 26.2. The SMILES string of the molecule is CC(Cl)CCN(C)S(=O)(=O)c1ccc2c(c1)CCC2. The lowest BCUT2D eigenvalue weighted by molar-refractivity contribution is 0.460. The van der Waals surface area contributed by atoms with Gasteiger partial charge in [0.05, 0.1) is 4.90 Å². The zero-order valence-electron chi connectivity index (χ0n) is 11.4. The standard InChI is InChI=1S/C14H20ClNO2S/c1-11(15)8-9-16(2)19(17,18)14-7-6-12-4-3-5-13(12)10-14/h6-7,10-11H,3-5,8-9H2,1-2H3. The molecule has 0 saturated carbocycles. The van der Waals surface area contributed by atoms with Crippen molar-refractivity contribution in [3.05, 3.63) is 29.3 Å².